The van der Waals surface area contributed by atoms with Crippen LogP contribution >= 0.6 is 23.8 Å². The van der Waals surface area contributed by atoms with Gasteiger partial charge in [0.05, 0.1) is 5.69 Å². The Kier molecular flexibility index (Phi) is 4.49. The molecule has 1 amide bonds. The Bertz CT molecular complexity index is 460. The van der Waals surface area contributed by atoms with Crippen molar-refractivity contribution in [3.8, 4) is 0 Å². The largest absolute Gasteiger partial charge is 0.358 e. The molecule has 4 nitrogen and oxygen atoms in total. The Hall–Kier alpha value is -1.20. The molecule has 1 aromatic rings. The highest BCUT2D eigenvalue weighted by molar-refractivity contribution is 7.82. The summed E-state index contributed by atoms with van der Waals surface area (Å²) >= 11 is 11.1. The van der Waals surface area contributed by atoms with Crippen molar-refractivity contribution in [2.45, 2.75) is 19.3 Å². The summed E-state index contributed by atoms with van der Waals surface area (Å²) in [6.07, 6.45) is 4.94. The maximum atomic E-state index is 12.0. The Morgan fingerprint density at radius 3 is 2.78 bits per heavy atom. The molecule has 1 fully saturated rings. The molecular weight excluding hydrogens is 270 g/mol. The number of hydrogen-bond acceptors (Lipinski definition) is 3. The van der Waals surface area contributed by atoms with Gasteiger partial charge in [0.1, 0.15) is 0 Å². The molecule has 6 heteroatoms. The van der Waals surface area contributed by atoms with Crippen LogP contribution in [0, 0.1) is 0 Å². The third-order valence-electron chi connectivity index (χ3n) is 2.84. The summed E-state index contributed by atoms with van der Waals surface area (Å²) in [7, 11) is 0. The highest BCUT2D eigenvalue weighted by atomic mass is 35.5. The molecule has 1 aliphatic rings. The van der Waals surface area contributed by atoms with E-state index in [1.54, 1.807) is 18.3 Å². The van der Waals surface area contributed by atoms with Crippen molar-refractivity contribution in [1.82, 2.24) is 9.88 Å². The summed E-state index contributed by atoms with van der Waals surface area (Å²) in [5.74, 6) is -0.290. The number of carbonyl (C=O) groups is 1. The van der Waals surface area contributed by atoms with Gasteiger partial charge in [-0.3, -0.25) is 4.79 Å². The molecule has 0 saturated carbocycles. The molecule has 18 heavy (non-hydrogen) atoms. The van der Waals surface area contributed by atoms with Crippen LogP contribution < -0.4 is 5.32 Å². The van der Waals surface area contributed by atoms with Crippen molar-refractivity contribution in [3.63, 3.8) is 0 Å². The summed E-state index contributed by atoms with van der Waals surface area (Å²) in [6.45, 7) is 1.71. The van der Waals surface area contributed by atoms with Crippen LogP contribution in [0.4, 0.5) is 5.69 Å². The Balaban J connectivity index is 1.99. The first-order chi connectivity index (χ1) is 8.68. The van der Waals surface area contributed by atoms with Gasteiger partial charge in [0.25, 0.3) is 5.91 Å². The Morgan fingerprint density at radius 1 is 1.39 bits per heavy atom. The van der Waals surface area contributed by atoms with Crippen LogP contribution in [0.2, 0.25) is 5.15 Å². The quantitative estimate of drug-likeness (QED) is 0.635. The van der Waals surface area contributed by atoms with Crippen molar-refractivity contribution < 1.29 is 4.79 Å². The average molecular weight is 284 g/mol. The highest BCUT2D eigenvalue weighted by Crippen LogP contribution is 2.18. The zero-order valence-corrected chi connectivity index (χ0v) is 11.4. The fourth-order valence-corrected chi connectivity index (χ4v) is 2.30. The Labute approximate surface area is 116 Å². The fourth-order valence-electron chi connectivity index (χ4n) is 1.90. The van der Waals surface area contributed by atoms with Gasteiger partial charge in [0.2, 0.25) is 0 Å². The van der Waals surface area contributed by atoms with Crippen LogP contribution in [0.5, 0.6) is 0 Å². The average Bonchev–Trinajstić information content (AvgIpc) is 2.41. The van der Waals surface area contributed by atoms with E-state index in [0.717, 1.165) is 25.9 Å². The smallest absolute Gasteiger partial charge is 0.283 e. The number of rotatable bonds is 1. The van der Waals surface area contributed by atoms with Gasteiger partial charge in [-0.1, -0.05) is 23.8 Å². The van der Waals surface area contributed by atoms with Crippen LogP contribution in [0.3, 0.4) is 0 Å². The van der Waals surface area contributed by atoms with Gasteiger partial charge >= 0.3 is 0 Å². The van der Waals surface area contributed by atoms with Gasteiger partial charge in [0, 0.05) is 19.3 Å². The number of aromatic nitrogens is 1. The van der Waals surface area contributed by atoms with Crippen LogP contribution in [-0.4, -0.2) is 33.9 Å². The van der Waals surface area contributed by atoms with E-state index in [1.807, 2.05) is 4.90 Å². The number of nitrogens with one attached hydrogen (secondary N) is 1. The molecule has 0 bridgehead atoms. The van der Waals surface area contributed by atoms with Crippen molar-refractivity contribution in [2.24, 2.45) is 0 Å². The summed E-state index contributed by atoms with van der Waals surface area (Å²) in [4.78, 5) is 18.2. The van der Waals surface area contributed by atoms with Gasteiger partial charge in [-0.05, 0) is 31.4 Å². The van der Waals surface area contributed by atoms with E-state index < -0.39 is 0 Å². The third kappa shape index (κ3) is 3.17. The Morgan fingerprint density at radius 2 is 2.11 bits per heavy atom. The molecule has 1 aromatic heterocycles. The van der Waals surface area contributed by atoms with E-state index in [0.29, 0.717) is 10.7 Å². The van der Waals surface area contributed by atoms with Crippen LogP contribution in [-0.2, 0) is 4.79 Å². The van der Waals surface area contributed by atoms with E-state index in [9.17, 15) is 4.79 Å². The number of likely N-dealkylation sites (tertiary alicyclic amines) is 1. The number of halogens is 1. The predicted octanol–water partition coefficient (Wildman–Crippen LogP) is 2.49. The van der Waals surface area contributed by atoms with E-state index in [1.165, 1.54) is 6.42 Å². The van der Waals surface area contributed by atoms with Gasteiger partial charge in [-0.25, -0.2) is 4.98 Å². The molecule has 2 rings (SSSR count). The SMILES string of the molecule is O=C(Nc1cccnc1Cl)C(=S)N1CCCCC1. The lowest BCUT2D eigenvalue weighted by Gasteiger charge is -2.28. The van der Waals surface area contributed by atoms with Crippen LogP contribution in [0.25, 0.3) is 0 Å². The topological polar surface area (TPSA) is 45.2 Å². The number of thiocarbonyl (C=S) groups is 1. The molecule has 96 valence electrons. The first kappa shape index (κ1) is 13.2. The second-order valence-electron chi connectivity index (χ2n) is 4.15. The highest BCUT2D eigenvalue weighted by Gasteiger charge is 2.20. The number of piperidine rings is 1. The van der Waals surface area contributed by atoms with Gasteiger partial charge < -0.3 is 10.2 Å². The summed E-state index contributed by atoms with van der Waals surface area (Å²) < 4.78 is 0. The predicted molar refractivity (Wildman–Crippen MR) is 75.9 cm³/mol. The van der Waals surface area contributed by atoms with E-state index >= 15 is 0 Å². The number of carbonyl (C=O) groups excluding carboxylic acids is 1. The maximum Gasteiger partial charge on any atom is 0.283 e. The van der Waals surface area contributed by atoms with Crippen molar-refractivity contribution in [1.29, 1.82) is 0 Å². The zero-order valence-electron chi connectivity index (χ0n) is 9.86. The number of pyridine rings is 1. The molecule has 0 aliphatic carbocycles. The van der Waals surface area contributed by atoms with E-state index in [4.69, 9.17) is 23.8 Å². The second-order valence-corrected chi connectivity index (χ2v) is 4.89. The fraction of sp³-hybridized carbons (Fsp3) is 0.417. The summed E-state index contributed by atoms with van der Waals surface area (Å²) in [5, 5.41) is 2.96. The number of nitrogens with zero attached hydrogens (tertiary/aromatic N) is 2. The van der Waals surface area contributed by atoms with Gasteiger partial charge in [-0.2, -0.15) is 0 Å². The summed E-state index contributed by atoms with van der Waals surface area (Å²) in [5.41, 5.74) is 0.489. The minimum absolute atomic E-state index is 0.271. The van der Waals surface area contributed by atoms with Crippen molar-refractivity contribution >= 4 is 40.4 Å². The second kappa shape index (κ2) is 6.11. The lowest BCUT2D eigenvalue weighted by molar-refractivity contribution is -0.110. The molecule has 2 heterocycles. The normalized spacial score (nSPS) is 15.3. The number of hydrogen-bond donors (Lipinski definition) is 1. The van der Waals surface area contributed by atoms with E-state index in [2.05, 4.69) is 10.3 Å². The first-order valence-electron chi connectivity index (χ1n) is 5.89. The van der Waals surface area contributed by atoms with Crippen LogP contribution in [0.1, 0.15) is 19.3 Å². The van der Waals surface area contributed by atoms with E-state index in [-0.39, 0.29) is 11.1 Å². The molecular formula is C12H14ClN3OS. The molecule has 0 aromatic carbocycles. The molecule has 0 unspecified atom stereocenters. The van der Waals surface area contributed by atoms with Crippen molar-refractivity contribution in [3.05, 3.63) is 23.5 Å². The monoisotopic (exact) mass is 283 g/mol. The molecule has 0 radical (unpaired) electrons. The lowest BCUT2D eigenvalue weighted by Crippen LogP contribution is -2.41. The first-order valence-corrected chi connectivity index (χ1v) is 6.68. The molecule has 1 aliphatic heterocycles. The van der Waals surface area contributed by atoms with Crippen LogP contribution in [0.15, 0.2) is 18.3 Å². The van der Waals surface area contributed by atoms with Gasteiger partial charge in [-0.15, -0.1) is 0 Å². The molecule has 0 atom stereocenters. The zero-order chi connectivity index (χ0) is 13.0. The standard InChI is InChI=1S/C12H14ClN3OS/c13-10-9(5-4-6-14-10)15-11(17)12(18)16-7-2-1-3-8-16/h4-6H,1-3,7-8H2,(H,15,17). The molecule has 0 spiro atoms. The minimum atomic E-state index is -0.290. The third-order valence-corrected chi connectivity index (χ3v) is 3.59. The molecule has 1 saturated heterocycles. The lowest BCUT2D eigenvalue weighted by atomic mass is 10.1. The van der Waals surface area contributed by atoms with Crippen molar-refractivity contribution in [2.75, 3.05) is 18.4 Å². The number of anilines is 1. The van der Waals surface area contributed by atoms with Gasteiger partial charge in [0.15, 0.2) is 10.1 Å². The summed E-state index contributed by atoms with van der Waals surface area (Å²) in [6, 6.07) is 3.41. The maximum absolute atomic E-state index is 12.0. The molecule has 1 N–H and O–H groups in total. The number of amides is 1. The minimum Gasteiger partial charge on any atom is -0.358 e.